The van der Waals surface area contributed by atoms with Gasteiger partial charge in [0.15, 0.2) is 5.82 Å². The maximum atomic E-state index is 4.80. The second-order valence-corrected chi connectivity index (χ2v) is 5.75. The Balaban J connectivity index is 1.82. The number of benzene rings is 2. The molecule has 25 heavy (non-hydrogen) atoms. The molecule has 5 heteroatoms. The Morgan fingerprint density at radius 1 is 0.640 bits per heavy atom. The van der Waals surface area contributed by atoms with E-state index in [1.807, 2.05) is 73.1 Å². The average molecular weight is 323 g/mol. The molecule has 5 rings (SSSR count). The number of fused-ring (bicyclic) bond motifs is 2. The van der Waals surface area contributed by atoms with Crippen molar-refractivity contribution in [3.05, 3.63) is 73.1 Å². The molecule has 1 N–H and O–H groups in total. The van der Waals surface area contributed by atoms with E-state index in [9.17, 15) is 0 Å². The summed E-state index contributed by atoms with van der Waals surface area (Å²) in [7, 11) is 0. The third kappa shape index (κ3) is 2.33. The summed E-state index contributed by atoms with van der Waals surface area (Å²) in [6.07, 6.45) is 3.70. The highest BCUT2D eigenvalue weighted by atomic mass is 14.9. The quantitative estimate of drug-likeness (QED) is 0.528. The monoisotopic (exact) mass is 323 g/mol. The molecule has 3 heterocycles. The Labute approximate surface area is 143 Å². The van der Waals surface area contributed by atoms with E-state index in [0.29, 0.717) is 11.5 Å². The molecule has 5 aromatic rings. The van der Waals surface area contributed by atoms with Crippen LogP contribution >= 0.6 is 0 Å². The lowest BCUT2D eigenvalue weighted by Crippen LogP contribution is -1.99. The summed E-state index contributed by atoms with van der Waals surface area (Å²) in [4.78, 5) is 22.0. The Kier molecular flexibility index (Phi) is 3.03. The van der Waals surface area contributed by atoms with Crippen LogP contribution in [0.25, 0.3) is 44.8 Å². The smallest absolute Gasteiger partial charge is 0.181 e. The van der Waals surface area contributed by atoms with Gasteiger partial charge in [0.05, 0.1) is 22.2 Å². The van der Waals surface area contributed by atoms with Crippen molar-refractivity contribution >= 4 is 21.9 Å². The van der Waals surface area contributed by atoms with Gasteiger partial charge >= 0.3 is 0 Å². The Morgan fingerprint density at radius 3 is 2.12 bits per heavy atom. The first-order valence-corrected chi connectivity index (χ1v) is 8.01. The highest BCUT2D eigenvalue weighted by Gasteiger charge is 2.16. The number of hydrogen-bond acceptors (Lipinski definition) is 4. The first-order valence-electron chi connectivity index (χ1n) is 8.01. The van der Waals surface area contributed by atoms with Gasteiger partial charge in [-0.05, 0) is 30.3 Å². The minimum atomic E-state index is 0.571. The van der Waals surface area contributed by atoms with Gasteiger partial charge in [-0.1, -0.05) is 30.3 Å². The van der Waals surface area contributed by atoms with Gasteiger partial charge in [0.2, 0.25) is 0 Å². The molecule has 0 aliphatic carbocycles. The van der Waals surface area contributed by atoms with Crippen molar-refractivity contribution in [2.75, 3.05) is 0 Å². The summed E-state index contributed by atoms with van der Waals surface area (Å²) < 4.78 is 0. The zero-order valence-corrected chi connectivity index (χ0v) is 13.2. The predicted octanol–water partition coefficient (Wildman–Crippen LogP) is 4.24. The van der Waals surface area contributed by atoms with Crippen molar-refractivity contribution in [2.45, 2.75) is 0 Å². The van der Waals surface area contributed by atoms with Crippen molar-refractivity contribution in [3.8, 4) is 22.9 Å². The fourth-order valence-corrected chi connectivity index (χ4v) is 2.91. The normalized spacial score (nSPS) is 11.2. The lowest BCUT2D eigenvalue weighted by molar-refractivity contribution is 1.17. The Morgan fingerprint density at radius 2 is 1.36 bits per heavy atom. The number of H-pyrrole nitrogens is 1. The number of aromatic nitrogens is 5. The van der Waals surface area contributed by atoms with Crippen LogP contribution in [0.1, 0.15) is 0 Å². The van der Waals surface area contributed by atoms with Gasteiger partial charge in [0, 0.05) is 17.8 Å². The van der Waals surface area contributed by atoms with Crippen LogP contribution in [0.5, 0.6) is 0 Å². The first-order chi connectivity index (χ1) is 12.4. The molecule has 0 spiro atoms. The number of hydrogen-bond donors (Lipinski definition) is 1. The molecular formula is C20H13N5. The Hall–Kier alpha value is -3.60. The molecule has 0 saturated carbocycles. The SMILES string of the molecule is c1c[nH]c(-c2nc3ccccc3nc2-c2ncc3ccccc3n2)c1. The molecule has 0 bridgehead atoms. The minimum absolute atomic E-state index is 0.571. The van der Waals surface area contributed by atoms with E-state index in [0.717, 1.165) is 33.3 Å². The largest absolute Gasteiger partial charge is 0.360 e. The summed E-state index contributed by atoms with van der Waals surface area (Å²) >= 11 is 0. The molecule has 3 aromatic heterocycles. The maximum absolute atomic E-state index is 4.80. The molecule has 0 aliphatic heterocycles. The fourth-order valence-electron chi connectivity index (χ4n) is 2.91. The first kappa shape index (κ1) is 13.8. The van der Waals surface area contributed by atoms with E-state index in [2.05, 4.69) is 9.97 Å². The molecule has 0 unspecified atom stereocenters. The summed E-state index contributed by atoms with van der Waals surface area (Å²) in [5, 5.41) is 1.00. The third-order valence-corrected chi connectivity index (χ3v) is 4.12. The van der Waals surface area contributed by atoms with Crippen molar-refractivity contribution in [1.82, 2.24) is 24.9 Å². The van der Waals surface area contributed by atoms with Crippen LogP contribution in [0.3, 0.4) is 0 Å². The van der Waals surface area contributed by atoms with Crippen LogP contribution < -0.4 is 0 Å². The molecule has 118 valence electrons. The van der Waals surface area contributed by atoms with Gasteiger partial charge in [-0.3, -0.25) is 0 Å². The van der Waals surface area contributed by atoms with Crippen molar-refractivity contribution in [3.63, 3.8) is 0 Å². The maximum Gasteiger partial charge on any atom is 0.181 e. The van der Waals surface area contributed by atoms with E-state index < -0.39 is 0 Å². The number of nitrogens with zero attached hydrogens (tertiary/aromatic N) is 4. The second-order valence-electron chi connectivity index (χ2n) is 5.75. The lowest BCUT2D eigenvalue weighted by atomic mass is 10.2. The second kappa shape index (κ2) is 5.49. The molecule has 0 radical (unpaired) electrons. The van der Waals surface area contributed by atoms with Crippen LogP contribution in [0, 0.1) is 0 Å². The highest BCUT2D eigenvalue weighted by Crippen LogP contribution is 2.28. The van der Waals surface area contributed by atoms with E-state index in [1.54, 1.807) is 0 Å². The molecule has 0 amide bonds. The zero-order valence-electron chi connectivity index (χ0n) is 13.2. The summed E-state index contributed by atoms with van der Waals surface area (Å²) in [6.45, 7) is 0. The molecule has 0 saturated heterocycles. The number of para-hydroxylation sites is 3. The van der Waals surface area contributed by atoms with Gasteiger partial charge in [0.25, 0.3) is 0 Å². The number of nitrogens with one attached hydrogen (secondary N) is 1. The van der Waals surface area contributed by atoms with E-state index in [1.165, 1.54) is 0 Å². The number of rotatable bonds is 2. The Bertz CT molecular complexity index is 1200. The minimum Gasteiger partial charge on any atom is -0.360 e. The topological polar surface area (TPSA) is 67.3 Å². The van der Waals surface area contributed by atoms with E-state index >= 15 is 0 Å². The highest BCUT2D eigenvalue weighted by molar-refractivity contribution is 5.85. The molecule has 0 aliphatic rings. The molecule has 2 aromatic carbocycles. The average Bonchev–Trinajstić information content (AvgIpc) is 3.21. The molecular weight excluding hydrogens is 310 g/mol. The van der Waals surface area contributed by atoms with E-state index in [4.69, 9.17) is 15.0 Å². The fraction of sp³-hybridized carbons (Fsp3) is 0. The zero-order chi connectivity index (χ0) is 16.6. The van der Waals surface area contributed by atoms with Gasteiger partial charge < -0.3 is 4.98 Å². The van der Waals surface area contributed by atoms with Crippen LogP contribution in [-0.2, 0) is 0 Å². The number of aromatic amines is 1. The van der Waals surface area contributed by atoms with Crippen molar-refractivity contribution in [2.24, 2.45) is 0 Å². The van der Waals surface area contributed by atoms with Crippen LogP contribution in [0.2, 0.25) is 0 Å². The van der Waals surface area contributed by atoms with Gasteiger partial charge in [-0.2, -0.15) is 0 Å². The standard InChI is InChI=1S/C20H13N5/c1-2-7-14-13(6-1)12-22-20(25-14)19-18(17-10-5-11-21-17)23-15-8-3-4-9-16(15)24-19/h1-12,21H. The molecule has 0 atom stereocenters. The summed E-state index contributed by atoms with van der Waals surface area (Å²) in [6, 6.07) is 19.7. The van der Waals surface area contributed by atoms with Crippen LogP contribution in [0.4, 0.5) is 0 Å². The van der Waals surface area contributed by atoms with Gasteiger partial charge in [-0.25, -0.2) is 19.9 Å². The van der Waals surface area contributed by atoms with Crippen molar-refractivity contribution < 1.29 is 0 Å². The van der Waals surface area contributed by atoms with Crippen LogP contribution in [0.15, 0.2) is 73.1 Å². The third-order valence-electron chi connectivity index (χ3n) is 4.12. The van der Waals surface area contributed by atoms with Crippen LogP contribution in [-0.4, -0.2) is 24.9 Å². The summed E-state index contributed by atoms with van der Waals surface area (Å²) in [5.74, 6) is 0.571. The van der Waals surface area contributed by atoms with Gasteiger partial charge in [0.1, 0.15) is 11.4 Å². The summed E-state index contributed by atoms with van der Waals surface area (Å²) in [5.41, 5.74) is 4.87. The van der Waals surface area contributed by atoms with E-state index in [-0.39, 0.29) is 0 Å². The van der Waals surface area contributed by atoms with Crippen molar-refractivity contribution in [1.29, 1.82) is 0 Å². The predicted molar refractivity (Wildman–Crippen MR) is 97.9 cm³/mol. The molecule has 5 nitrogen and oxygen atoms in total. The van der Waals surface area contributed by atoms with Gasteiger partial charge in [-0.15, -0.1) is 0 Å². The molecule has 0 fully saturated rings. The lowest BCUT2D eigenvalue weighted by Gasteiger charge is -2.08.